The van der Waals surface area contributed by atoms with Crippen LogP contribution in [0.15, 0.2) is 54.6 Å². The van der Waals surface area contributed by atoms with E-state index in [4.69, 9.17) is 9.57 Å². The molecule has 4 nitrogen and oxygen atoms in total. The van der Waals surface area contributed by atoms with E-state index in [-0.39, 0.29) is 23.7 Å². The summed E-state index contributed by atoms with van der Waals surface area (Å²) in [7, 11) is 0. The molecular weight excluding hydrogens is 302 g/mol. The monoisotopic (exact) mass is 325 g/mol. The Morgan fingerprint density at radius 1 is 1.04 bits per heavy atom. The third-order valence-corrected chi connectivity index (χ3v) is 5.13. The van der Waals surface area contributed by atoms with Gasteiger partial charge in [0.1, 0.15) is 17.6 Å². The van der Waals surface area contributed by atoms with Gasteiger partial charge in [-0.1, -0.05) is 32.0 Å². The van der Waals surface area contributed by atoms with Crippen LogP contribution in [0.2, 0.25) is 0 Å². The summed E-state index contributed by atoms with van der Waals surface area (Å²) in [5.74, 6) is 1.62. The summed E-state index contributed by atoms with van der Waals surface area (Å²) in [4.78, 5) is 6.02. The van der Waals surface area contributed by atoms with Crippen molar-refractivity contribution in [1.29, 1.82) is 0 Å². The number of fused-ring (bicyclic) bond motifs is 3. The first-order valence-electron chi connectivity index (χ1n) is 8.50. The van der Waals surface area contributed by atoms with Crippen LogP contribution in [0.4, 0.5) is 5.69 Å². The maximum absolute atomic E-state index is 10.1. The van der Waals surface area contributed by atoms with E-state index < -0.39 is 0 Å². The van der Waals surface area contributed by atoms with Gasteiger partial charge in [0, 0.05) is 0 Å². The molecule has 1 N–H and O–H groups in total. The van der Waals surface area contributed by atoms with Crippen molar-refractivity contribution >= 4 is 5.69 Å². The zero-order valence-corrected chi connectivity index (χ0v) is 14.1. The molecule has 0 amide bonds. The number of anilines is 1. The summed E-state index contributed by atoms with van der Waals surface area (Å²) in [6, 6.07) is 17.9. The second-order valence-corrected chi connectivity index (χ2v) is 7.39. The fourth-order valence-electron chi connectivity index (χ4n) is 3.76. The largest absolute Gasteiger partial charge is 0.457 e. The lowest BCUT2D eigenvalue weighted by Gasteiger charge is -2.55. The maximum atomic E-state index is 10.1. The van der Waals surface area contributed by atoms with Crippen molar-refractivity contribution in [3.05, 3.63) is 54.6 Å². The molecule has 4 heteroatoms. The van der Waals surface area contributed by atoms with Crippen molar-refractivity contribution in [3.63, 3.8) is 0 Å². The summed E-state index contributed by atoms with van der Waals surface area (Å²) in [6.07, 6.45) is 1.16. The number of aliphatic hydroxyl groups excluding tert-OH is 1. The Balaban J connectivity index is 1.53. The van der Waals surface area contributed by atoms with Crippen LogP contribution in [0.1, 0.15) is 26.7 Å². The first kappa shape index (κ1) is 15.5. The second kappa shape index (κ2) is 5.80. The zero-order chi connectivity index (χ0) is 16.7. The van der Waals surface area contributed by atoms with Crippen LogP contribution in [0.5, 0.6) is 11.5 Å². The number of hydrogen-bond donors (Lipinski definition) is 1. The average Bonchev–Trinajstić information content (AvgIpc) is 2.57. The third-order valence-electron chi connectivity index (χ3n) is 5.13. The number of hydrogen-bond acceptors (Lipinski definition) is 4. The lowest BCUT2D eigenvalue weighted by Crippen LogP contribution is -2.63. The average molecular weight is 325 g/mol. The molecule has 5 rings (SSSR count). The molecule has 3 aliphatic rings. The second-order valence-electron chi connectivity index (χ2n) is 7.39. The Kier molecular flexibility index (Phi) is 3.74. The first-order chi connectivity index (χ1) is 11.5. The Morgan fingerprint density at radius 3 is 2.38 bits per heavy atom. The molecule has 3 fully saturated rings. The lowest BCUT2D eigenvalue weighted by atomic mass is 9.69. The van der Waals surface area contributed by atoms with Gasteiger partial charge in [-0.3, -0.25) is 9.90 Å². The molecule has 2 aromatic carbocycles. The molecule has 0 aromatic heterocycles. The Hall–Kier alpha value is -2.04. The minimum absolute atomic E-state index is 0.120. The Labute approximate surface area is 142 Å². The van der Waals surface area contributed by atoms with Gasteiger partial charge in [0.2, 0.25) is 0 Å². The fraction of sp³-hybridized carbons (Fsp3) is 0.400. The fourth-order valence-corrected chi connectivity index (χ4v) is 3.76. The van der Waals surface area contributed by atoms with Gasteiger partial charge < -0.3 is 9.84 Å². The topological polar surface area (TPSA) is 41.9 Å². The highest BCUT2D eigenvalue weighted by Crippen LogP contribution is 2.47. The number of nitrogens with zero attached hydrogens (tertiary/aromatic N) is 1. The number of benzene rings is 2. The standard InChI is InChI=1S/C20H23NO3/c1-20(2)13-18-17(22)12-19(20)21(24-18)14-8-10-16(11-9-14)23-15-6-4-3-5-7-15/h3-11,17-19,22H,12-13H2,1-2H3/t17-,18-,19-/m1/s1. The van der Waals surface area contributed by atoms with Gasteiger partial charge in [-0.15, -0.1) is 0 Å². The van der Waals surface area contributed by atoms with Crippen LogP contribution in [-0.4, -0.2) is 23.4 Å². The van der Waals surface area contributed by atoms with E-state index >= 15 is 0 Å². The van der Waals surface area contributed by atoms with E-state index in [9.17, 15) is 5.11 Å². The Morgan fingerprint density at radius 2 is 1.71 bits per heavy atom. The predicted octanol–water partition coefficient (Wildman–Crippen LogP) is 4.15. The van der Waals surface area contributed by atoms with Crippen molar-refractivity contribution < 1.29 is 14.7 Å². The van der Waals surface area contributed by atoms with E-state index in [1.165, 1.54) is 0 Å². The molecule has 0 unspecified atom stereocenters. The quantitative estimate of drug-likeness (QED) is 0.920. The Bertz CT molecular complexity index is 699. The van der Waals surface area contributed by atoms with Crippen LogP contribution in [0.25, 0.3) is 0 Å². The van der Waals surface area contributed by atoms with Gasteiger partial charge in [-0.05, 0) is 54.7 Å². The van der Waals surface area contributed by atoms with Crippen molar-refractivity contribution in [2.24, 2.45) is 5.41 Å². The van der Waals surface area contributed by atoms with Crippen molar-refractivity contribution in [3.8, 4) is 11.5 Å². The maximum Gasteiger partial charge on any atom is 0.127 e. The van der Waals surface area contributed by atoms with Crippen molar-refractivity contribution in [1.82, 2.24) is 0 Å². The normalized spacial score (nSPS) is 28.0. The summed E-state index contributed by atoms with van der Waals surface area (Å²) in [5, 5.41) is 12.1. The van der Waals surface area contributed by atoms with E-state index in [0.29, 0.717) is 0 Å². The lowest BCUT2D eigenvalue weighted by molar-refractivity contribution is -0.172. The molecule has 1 aliphatic carbocycles. The van der Waals surface area contributed by atoms with Crippen LogP contribution >= 0.6 is 0 Å². The van der Waals surface area contributed by atoms with Crippen LogP contribution in [0, 0.1) is 5.41 Å². The number of para-hydroxylation sites is 1. The summed E-state index contributed by atoms with van der Waals surface area (Å²) in [6.45, 7) is 4.50. The molecule has 2 heterocycles. The highest BCUT2D eigenvalue weighted by Gasteiger charge is 2.51. The number of ether oxygens (including phenoxy) is 1. The number of hydroxylamine groups is 1. The smallest absolute Gasteiger partial charge is 0.127 e. The molecule has 24 heavy (non-hydrogen) atoms. The minimum atomic E-state index is -0.361. The zero-order valence-electron chi connectivity index (χ0n) is 14.1. The van der Waals surface area contributed by atoms with Crippen molar-refractivity contribution in [2.45, 2.75) is 44.9 Å². The van der Waals surface area contributed by atoms with Crippen molar-refractivity contribution in [2.75, 3.05) is 5.06 Å². The van der Waals surface area contributed by atoms with Gasteiger partial charge in [-0.2, -0.15) is 0 Å². The van der Waals surface area contributed by atoms with E-state index in [2.05, 4.69) is 13.8 Å². The molecule has 0 radical (unpaired) electrons. The summed E-state index contributed by atoms with van der Waals surface area (Å²) in [5.41, 5.74) is 1.13. The predicted molar refractivity (Wildman–Crippen MR) is 93.1 cm³/mol. The molecule has 126 valence electrons. The molecule has 2 bridgehead atoms. The highest BCUT2D eigenvalue weighted by molar-refractivity contribution is 5.49. The van der Waals surface area contributed by atoms with Crippen LogP contribution < -0.4 is 9.80 Å². The number of aliphatic hydroxyl groups is 1. The van der Waals surface area contributed by atoms with Gasteiger partial charge in [0.15, 0.2) is 0 Å². The molecule has 2 saturated heterocycles. The SMILES string of the molecule is CC1(C)C[C@H]2ON(c3ccc(Oc4ccccc4)cc3)[C@@H]1C[C@H]2O. The number of rotatable bonds is 3. The van der Waals surface area contributed by atoms with Gasteiger partial charge in [-0.25, -0.2) is 0 Å². The third kappa shape index (κ3) is 2.76. The molecule has 3 atom stereocenters. The summed E-state index contributed by atoms with van der Waals surface area (Å²) < 4.78 is 5.84. The molecular formula is C20H23NO3. The van der Waals surface area contributed by atoms with E-state index in [0.717, 1.165) is 30.0 Å². The van der Waals surface area contributed by atoms with Gasteiger partial charge in [0.05, 0.1) is 17.8 Å². The summed E-state index contributed by atoms with van der Waals surface area (Å²) >= 11 is 0. The van der Waals surface area contributed by atoms with E-state index in [1.54, 1.807) is 0 Å². The molecule has 0 spiro atoms. The molecule has 2 aliphatic heterocycles. The van der Waals surface area contributed by atoms with Gasteiger partial charge in [0.25, 0.3) is 0 Å². The minimum Gasteiger partial charge on any atom is -0.457 e. The van der Waals surface area contributed by atoms with Crippen LogP contribution in [0.3, 0.4) is 0 Å². The molecule has 1 saturated carbocycles. The first-order valence-corrected chi connectivity index (χ1v) is 8.50. The van der Waals surface area contributed by atoms with Gasteiger partial charge >= 0.3 is 0 Å². The van der Waals surface area contributed by atoms with E-state index in [1.807, 2.05) is 59.7 Å². The molecule has 2 aromatic rings. The van der Waals surface area contributed by atoms with Crippen LogP contribution in [-0.2, 0) is 4.84 Å². The highest BCUT2D eigenvalue weighted by atomic mass is 16.7.